The Bertz CT molecular complexity index is 1880. The number of unbranched alkanes of at least 4 members (excludes halogenated alkanes) is 1. The predicted molar refractivity (Wildman–Crippen MR) is 221 cm³/mol. The Hall–Kier alpha value is -5.08. The SMILES string of the molecule is C=CC=CC1=C(CCCC)C(c2ccc(-c3cc(C(=C)CCC(C=CC)=C(C)N=C)cc(C(=C)CCc4ccccc4C)n3)cc2)=CCC=C1. The lowest BCUT2D eigenvalue weighted by Crippen LogP contribution is -1.99. The number of pyridine rings is 1. The van der Waals surface area contributed by atoms with Crippen LogP contribution in [0.15, 0.2) is 156 Å². The Labute approximate surface area is 302 Å². The van der Waals surface area contributed by atoms with Crippen molar-refractivity contribution in [2.45, 2.75) is 79.1 Å². The van der Waals surface area contributed by atoms with Gasteiger partial charge in [0.15, 0.2) is 0 Å². The highest BCUT2D eigenvalue weighted by Crippen LogP contribution is 2.35. The third kappa shape index (κ3) is 10.2. The topological polar surface area (TPSA) is 25.2 Å². The van der Waals surface area contributed by atoms with Gasteiger partial charge in [0.1, 0.15) is 0 Å². The summed E-state index contributed by atoms with van der Waals surface area (Å²) in [6.07, 6.45) is 24.8. The molecule has 1 heterocycles. The van der Waals surface area contributed by atoms with E-state index in [9.17, 15) is 0 Å². The van der Waals surface area contributed by atoms with Gasteiger partial charge in [-0.1, -0.05) is 130 Å². The summed E-state index contributed by atoms with van der Waals surface area (Å²) in [6, 6.07) is 21.9. The van der Waals surface area contributed by atoms with Crippen molar-refractivity contribution in [2.75, 3.05) is 0 Å². The van der Waals surface area contributed by atoms with E-state index in [0.717, 1.165) is 90.7 Å². The fourth-order valence-electron chi connectivity index (χ4n) is 6.32. The highest BCUT2D eigenvalue weighted by Gasteiger charge is 2.15. The molecule has 0 saturated carbocycles. The molecule has 0 atom stereocenters. The van der Waals surface area contributed by atoms with E-state index < -0.39 is 0 Å². The minimum absolute atomic E-state index is 0.807. The van der Waals surface area contributed by atoms with E-state index >= 15 is 0 Å². The summed E-state index contributed by atoms with van der Waals surface area (Å²) in [5.41, 5.74) is 16.1. The molecule has 0 fully saturated rings. The minimum Gasteiger partial charge on any atom is -0.269 e. The highest BCUT2D eigenvalue weighted by atomic mass is 14.7. The van der Waals surface area contributed by atoms with Gasteiger partial charge in [-0.25, -0.2) is 4.98 Å². The molecule has 0 radical (unpaired) electrons. The van der Waals surface area contributed by atoms with E-state index in [-0.39, 0.29) is 0 Å². The van der Waals surface area contributed by atoms with Gasteiger partial charge < -0.3 is 0 Å². The molecule has 50 heavy (non-hydrogen) atoms. The average molecular weight is 659 g/mol. The zero-order valence-corrected chi connectivity index (χ0v) is 30.8. The van der Waals surface area contributed by atoms with Gasteiger partial charge in [0.05, 0.1) is 11.4 Å². The summed E-state index contributed by atoms with van der Waals surface area (Å²) in [5, 5.41) is 0. The van der Waals surface area contributed by atoms with Gasteiger partial charge >= 0.3 is 0 Å². The molecule has 1 aliphatic rings. The fraction of sp³-hybridized carbons (Fsp3) is 0.250. The molecule has 256 valence electrons. The number of aromatic nitrogens is 1. The first-order valence-electron chi connectivity index (χ1n) is 18.0. The van der Waals surface area contributed by atoms with Crippen LogP contribution in [-0.4, -0.2) is 11.7 Å². The Morgan fingerprint density at radius 2 is 1.70 bits per heavy atom. The molecule has 0 spiro atoms. The lowest BCUT2D eigenvalue weighted by molar-refractivity contribution is 0.798. The molecular formula is C48H54N2. The van der Waals surface area contributed by atoms with Crippen LogP contribution in [0.5, 0.6) is 0 Å². The van der Waals surface area contributed by atoms with Crippen molar-refractivity contribution in [3.8, 4) is 11.3 Å². The van der Waals surface area contributed by atoms with Crippen molar-refractivity contribution in [3.05, 3.63) is 179 Å². The van der Waals surface area contributed by atoms with E-state index in [1.165, 1.54) is 39.0 Å². The number of nitrogens with zero attached hydrogens (tertiary/aromatic N) is 2. The summed E-state index contributed by atoms with van der Waals surface area (Å²) < 4.78 is 0. The smallest absolute Gasteiger partial charge is 0.0715 e. The molecule has 2 nitrogen and oxygen atoms in total. The maximum atomic E-state index is 5.21. The number of hydrogen-bond donors (Lipinski definition) is 0. The number of rotatable bonds is 17. The second-order valence-electron chi connectivity index (χ2n) is 13.0. The van der Waals surface area contributed by atoms with Gasteiger partial charge in [0.2, 0.25) is 0 Å². The van der Waals surface area contributed by atoms with Crippen LogP contribution in [0.3, 0.4) is 0 Å². The molecule has 2 aromatic carbocycles. The molecule has 1 aliphatic carbocycles. The molecular weight excluding hydrogens is 605 g/mol. The minimum atomic E-state index is 0.807. The largest absolute Gasteiger partial charge is 0.269 e. The van der Waals surface area contributed by atoms with Crippen LogP contribution in [0, 0.1) is 6.92 Å². The first-order chi connectivity index (χ1) is 24.3. The van der Waals surface area contributed by atoms with E-state index in [1.54, 1.807) is 0 Å². The molecule has 0 unspecified atom stereocenters. The highest BCUT2D eigenvalue weighted by molar-refractivity contribution is 5.83. The first kappa shape index (κ1) is 37.7. The third-order valence-electron chi connectivity index (χ3n) is 9.43. The molecule has 0 saturated heterocycles. The summed E-state index contributed by atoms with van der Waals surface area (Å²) in [7, 11) is 0. The number of benzene rings is 2. The zero-order chi connectivity index (χ0) is 35.9. The van der Waals surface area contributed by atoms with Gasteiger partial charge in [-0.2, -0.15) is 0 Å². The second kappa shape index (κ2) is 19.2. The van der Waals surface area contributed by atoms with Crippen LogP contribution in [0.1, 0.15) is 93.7 Å². The van der Waals surface area contributed by atoms with E-state index in [1.807, 2.05) is 26.0 Å². The fourth-order valence-corrected chi connectivity index (χ4v) is 6.32. The summed E-state index contributed by atoms with van der Waals surface area (Å²) in [6.45, 7) is 25.2. The number of allylic oxidation sites excluding steroid dienone is 15. The Balaban J connectivity index is 1.70. The monoisotopic (exact) mass is 658 g/mol. The van der Waals surface area contributed by atoms with Crippen LogP contribution in [0.2, 0.25) is 0 Å². The summed E-state index contributed by atoms with van der Waals surface area (Å²) in [5.74, 6) is 0. The van der Waals surface area contributed by atoms with Gasteiger partial charge in [0, 0.05) is 11.3 Å². The second-order valence-corrected chi connectivity index (χ2v) is 13.0. The van der Waals surface area contributed by atoms with Gasteiger partial charge in [0.25, 0.3) is 0 Å². The van der Waals surface area contributed by atoms with Gasteiger partial charge in [-0.15, -0.1) is 0 Å². The molecule has 4 rings (SSSR count). The van der Waals surface area contributed by atoms with Gasteiger partial charge in [-0.05, 0) is 140 Å². The first-order valence-corrected chi connectivity index (χ1v) is 18.0. The normalized spacial score (nSPS) is 13.7. The Morgan fingerprint density at radius 3 is 2.40 bits per heavy atom. The third-order valence-corrected chi connectivity index (χ3v) is 9.43. The van der Waals surface area contributed by atoms with Crippen molar-refractivity contribution >= 4 is 23.4 Å². The molecule has 3 aromatic rings. The number of aliphatic imine (C=N–C) groups is 1. The predicted octanol–water partition coefficient (Wildman–Crippen LogP) is 13.6. The average Bonchev–Trinajstić information content (AvgIpc) is 3.35. The molecule has 0 aliphatic heterocycles. The number of hydrogen-bond acceptors (Lipinski definition) is 2. The maximum Gasteiger partial charge on any atom is 0.0715 e. The molecule has 2 heteroatoms. The van der Waals surface area contributed by atoms with Gasteiger partial charge in [-0.3, -0.25) is 4.99 Å². The molecule has 1 aromatic heterocycles. The van der Waals surface area contributed by atoms with Crippen molar-refractivity contribution in [2.24, 2.45) is 4.99 Å². The van der Waals surface area contributed by atoms with Crippen LogP contribution in [0.25, 0.3) is 28.0 Å². The number of aryl methyl sites for hydroxylation is 2. The van der Waals surface area contributed by atoms with Crippen molar-refractivity contribution in [1.29, 1.82) is 0 Å². The van der Waals surface area contributed by atoms with E-state index in [2.05, 4.69) is 142 Å². The van der Waals surface area contributed by atoms with Crippen molar-refractivity contribution < 1.29 is 0 Å². The van der Waals surface area contributed by atoms with Crippen LogP contribution in [-0.2, 0) is 6.42 Å². The van der Waals surface area contributed by atoms with Crippen LogP contribution >= 0.6 is 0 Å². The lowest BCUT2D eigenvalue weighted by Gasteiger charge is -2.16. The standard InChI is InChI=1S/C48H54N2/c1-9-12-20-41-22-16-17-24-46(45(41)23-13-10-2)42-29-31-43(32-30-42)48-34-44(36(5)25-28-40(18-11-3)38(7)49-8)33-47(50-48)37(6)26-27-39-21-15-14-19-35(39)4/h9,11-12,14-16,18-22,24,29-34H,1,5-6,8,10,13,17,23,25-28H2,2-4,7H3. The quantitative estimate of drug-likeness (QED) is 0.105. The molecule has 0 N–H and O–H groups in total. The zero-order valence-electron chi connectivity index (χ0n) is 30.8. The Morgan fingerprint density at radius 1 is 0.940 bits per heavy atom. The lowest BCUT2D eigenvalue weighted by atomic mass is 9.89. The summed E-state index contributed by atoms with van der Waals surface area (Å²) >= 11 is 0. The van der Waals surface area contributed by atoms with E-state index in [0.29, 0.717) is 0 Å². The maximum absolute atomic E-state index is 5.21. The Kier molecular flexibility index (Phi) is 14.5. The van der Waals surface area contributed by atoms with E-state index in [4.69, 9.17) is 4.98 Å². The van der Waals surface area contributed by atoms with Crippen LogP contribution < -0.4 is 0 Å². The van der Waals surface area contributed by atoms with Crippen molar-refractivity contribution in [1.82, 2.24) is 4.98 Å². The summed E-state index contributed by atoms with van der Waals surface area (Å²) in [4.78, 5) is 9.40. The molecule has 0 amide bonds. The molecule has 0 bridgehead atoms. The van der Waals surface area contributed by atoms with Crippen molar-refractivity contribution in [3.63, 3.8) is 0 Å². The van der Waals surface area contributed by atoms with Crippen LogP contribution in [0.4, 0.5) is 0 Å².